The van der Waals surface area contributed by atoms with Crippen molar-refractivity contribution in [2.45, 2.75) is 19.1 Å². The number of aromatic nitrogens is 2. The van der Waals surface area contributed by atoms with E-state index in [0.29, 0.717) is 6.54 Å². The highest BCUT2D eigenvalue weighted by molar-refractivity contribution is 5.63. The summed E-state index contributed by atoms with van der Waals surface area (Å²) >= 11 is 0. The molecular weight excluding hydrogens is 294 g/mol. The molecular formula is C17H23N3O3. The van der Waals surface area contributed by atoms with Crippen molar-refractivity contribution in [3.63, 3.8) is 0 Å². The fraction of sp³-hybridized carbons (Fsp3) is 0.471. The molecule has 0 aliphatic carbocycles. The van der Waals surface area contributed by atoms with Crippen LogP contribution in [0.25, 0.3) is 11.3 Å². The van der Waals surface area contributed by atoms with Crippen molar-refractivity contribution in [3.05, 3.63) is 36.0 Å². The number of aliphatic hydroxyl groups is 2. The summed E-state index contributed by atoms with van der Waals surface area (Å²) in [7, 11) is 1.65. The maximum atomic E-state index is 10.1. The number of ether oxygens (including phenoxy) is 1. The Kier molecular flexibility index (Phi) is 4.95. The molecule has 0 amide bonds. The van der Waals surface area contributed by atoms with E-state index in [4.69, 9.17) is 4.74 Å². The topological polar surface area (TPSA) is 81.6 Å². The number of hydrogen-bond acceptors (Lipinski definition) is 5. The zero-order valence-electron chi connectivity index (χ0n) is 13.3. The number of rotatable bonds is 5. The predicted molar refractivity (Wildman–Crippen MR) is 87.1 cm³/mol. The van der Waals surface area contributed by atoms with Crippen LogP contribution in [0.15, 0.2) is 30.5 Å². The zero-order valence-corrected chi connectivity index (χ0v) is 13.3. The van der Waals surface area contributed by atoms with Gasteiger partial charge in [0.2, 0.25) is 0 Å². The largest absolute Gasteiger partial charge is 0.497 e. The molecule has 23 heavy (non-hydrogen) atoms. The van der Waals surface area contributed by atoms with E-state index < -0.39 is 6.10 Å². The minimum atomic E-state index is -0.468. The summed E-state index contributed by atoms with van der Waals surface area (Å²) in [5, 5.41) is 26.5. The van der Waals surface area contributed by atoms with E-state index in [1.807, 2.05) is 30.5 Å². The fourth-order valence-corrected chi connectivity index (χ4v) is 3.08. The Morgan fingerprint density at radius 2 is 2.13 bits per heavy atom. The molecule has 6 heteroatoms. The number of hydrogen-bond donors (Lipinski definition) is 3. The van der Waals surface area contributed by atoms with Crippen LogP contribution in [-0.2, 0) is 6.54 Å². The Balaban J connectivity index is 1.71. The number of aromatic amines is 1. The van der Waals surface area contributed by atoms with Gasteiger partial charge in [-0.15, -0.1) is 0 Å². The summed E-state index contributed by atoms with van der Waals surface area (Å²) in [5.74, 6) is 0.820. The van der Waals surface area contributed by atoms with E-state index in [0.717, 1.165) is 42.1 Å². The van der Waals surface area contributed by atoms with Crippen molar-refractivity contribution in [2.75, 3.05) is 26.8 Å². The van der Waals surface area contributed by atoms with Crippen LogP contribution in [0.5, 0.6) is 5.75 Å². The van der Waals surface area contributed by atoms with Crippen molar-refractivity contribution < 1.29 is 14.9 Å². The molecule has 3 rings (SSSR count). The van der Waals surface area contributed by atoms with Gasteiger partial charge in [0.1, 0.15) is 5.75 Å². The molecule has 124 valence electrons. The van der Waals surface area contributed by atoms with Gasteiger partial charge in [-0.25, -0.2) is 0 Å². The molecule has 1 aliphatic rings. The van der Waals surface area contributed by atoms with Crippen molar-refractivity contribution in [3.8, 4) is 17.0 Å². The number of piperidine rings is 1. The van der Waals surface area contributed by atoms with E-state index >= 15 is 0 Å². The number of likely N-dealkylation sites (tertiary alicyclic amines) is 1. The van der Waals surface area contributed by atoms with E-state index in [-0.39, 0.29) is 12.5 Å². The maximum Gasteiger partial charge on any atom is 0.118 e. The Morgan fingerprint density at radius 3 is 2.78 bits per heavy atom. The van der Waals surface area contributed by atoms with Crippen LogP contribution in [0.2, 0.25) is 0 Å². The van der Waals surface area contributed by atoms with Crippen molar-refractivity contribution >= 4 is 0 Å². The number of nitrogens with one attached hydrogen (secondary N) is 1. The van der Waals surface area contributed by atoms with E-state index in [2.05, 4.69) is 15.1 Å². The molecule has 1 fully saturated rings. The summed E-state index contributed by atoms with van der Waals surface area (Å²) in [6.45, 7) is 2.23. The summed E-state index contributed by atoms with van der Waals surface area (Å²) in [5.41, 5.74) is 3.15. The van der Waals surface area contributed by atoms with E-state index in [1.54, 1.807) is 7.11 Å². The molecule has 0 unspecified atom stereocenters. The maximum absolute atomic E-state index is 10.1. The summed E-state index contributed by atoms with van der Waals surface area (Å²) in [4.78, 5) is 2.20. The Bertz CT molecular complexity index is 626. The lowest BCUT2D eigenvalue weighted by atomic mass is 9.94. The van der Waals surface area contributed by atoms with Crippen LogP contribution < -0.4 is 4.74 Å². The lowest BCUT2D eigenvalue weighted by Gasteiger charge is -2.35. The van der Waals surface area contributed by atoms with Crippen LogP contribution in [0, 0.1) is 5.92 Å². The van der Waals surface area contributed by atoms with Crippen LogP contribution in [0.1, 0.15) is 12.0 Å². The molecule has 0 bridgehead atoms. The van der Waals surface area contributed by atoms with Gasteiger partial charge in [0.25, 0.3) is 0 Å². The first-order valence-corrected chi connectivity index (χ1v) is 7.89. The van der Waals surface area contributed by atoms with Gasteiger partial charge in [-0.3, -0.25) is 10.00 Å². The van der Waals surface area contributed by atoms with Crippen molar-refractivity contribution in [1.82, 2.24) is 15.1 Å². The first-order chi connectivity index (χ1) is 11.2. The summed E-state index contributed by atoms with van der Waals surface area (Å²) in [6, 6.07) is 7.86. The van der Waals surface area contributed by atoms with Gasteiger partial charge in [-0.1, -0.05) is 0 Å². The molecule has 1 aromatic carbocycles. The second-order valence-corrected chi connectivity index (χ2v) is 6.03. The van der Waals surface area contributed by atoms with Gasteiger partial charge in [0.15, 0.2) is 0 Å². The van der Waals surface area contributed by atoms with Crippen LogP contribution in [-0.4, -0.2) is 58.2 Å². The average Bonchev–Trinajstić information content (AvgIpc) is 3.03. The highest BCUT2D eigenvalue weighted by Crippen LogP contribution is 2.26. The molecule has 3 N–H and O–H groups in total. The fourth-order valence-electron chi connectivity index (χ4n) is 3.08. The first kappa shape index (κ1) is 16.0. The number of aliphatic hydroxyl groups excluding tert-OH is 2. The summed E-state index contributed by atoms with van der Waals surface area (Å²) in [6.07, 6.45) is 2.18. The number of methoxy groups -OCH3 is 1. The number of benzene rings is 1. The minimum Gasteiger partial charge on any atom is -0.497 e. The quantitative estimate of drug-likeness (QED) is 0.773. The first-order valence-electron chi connectivity index (χ1n) is 7.89. The molecule has 2 aromatic rings. The normalized spacial score (nSPS) is 22.2. The smallest absolute Gasteiger partial charge is 0.118 e. The molecule has 1 aliphatic heterocycles. The number of H-pyrrole nitrogens is 1. The van der Waals surface area contributed by atoms with Gasteiger partial charge >= 0.3 is 0 Å². The molecule has 0 spiro atoms. The predicted octanol–water partition coefficient (Wildman–Crippen LogP) is 1.26. The van der Waals surface area contributed by atoms with Gasteiger partial charge in [0.05, 0.1) is 25.1 Å². The second-order valence-electron chi connectivity index (χ2n) is 6.03. The van der Waals surface area contributed by atoms with Gasteiger partial charge in [0, 0.05) is 36.7 Å². The lowest BCUT2D eigenvalue weighted by Crippen LogP contribution is -2.44. The van der Waals surface area contributed by atoms with Gasteiger partial charge in [-0.05, 0) is 37.2 Å². The van der Waals surface area contributed by atoms with Gasteiger partial charge < -0.3 is 14.9 Å². The third kappa shape index (κ3) is 3.55. The Labute approximate surface area is 135 Å². The lowest BCUT2D eigenvalue weighted by molar-refractivity contribution is -0.00439. The molecule has 1 saturated heterocycles. The third-order valence-corrected chi connectivity index (χ3v) is 4.53. The van der Waals surface area contributed by atoms with Crippen LogP contribution in [0.3, 0.4) is 0 Å². The standard InChI is InChI=1S/C17H23N3O3/c1-23-15-4-2-12(3-5-15)17-14(8-18-19-17)9-20-7-6-13(11-21)16(22)10-20/h2-5,8,13,16,21-22H,6-7,9-11H2,1H3,(H,18,19)/t13-,16-/m1/s1. The Morgan fingerprint density at radius 1 is 1.35 bits per heavy atom. The molecule has 1 aromatic heterocycles. The number of nitrogens with zero attached hydrogens (tertiary/aromatic N) is 2. The second kappa shape index (κ2) is 7.12. The highest BCUT2D eigenvalue weighted by Gasteiger charge is 2.27. The van der Waals surface area contributed by atoms with Crippen molar-refractivity contribution in [2.24, 2.45) is 5.92 Å². The van der Waals surface area contributed by atoms with E-state index in [1.165, 1.54) is 0 Å². The zero-order chi connectivity index (χ0) is 16.2. The third-order valence-electron chi connectivity index (χ3n) is 4.53. The van der Waals surface area contributed by atoms with Crippen LogP contribution >= 0.6 is 0 Å². The van der Waals surface area contributed by atoms with E-state index in [9.17, 15) is 10.2 Å². The number of β-amino-alcohol motifs (C(OH)–C–C–N with tert-alkyl or cyclic N) is 1. The molecule has 6 nitrogen and oxygen atoms in total. The Hall–Kier alpha value is -1.89. The van der Waals surface area contributed by atoms with Crippen LogP contribution in [0.4, 0.5) is 0 Å². The van der Waals surface area contributed by atoms with Gasteiger partial charge in [-0.2, -0.15) is 5.10 Å². The highest BCUT2D eigenvalue weighted by atomic mass is 16.5. The SMILES string of the molecule is COc1ccc(-c2[nH]ncc2CN2CC[C@H](CO)[C@H](O)C2)cc1. The molecule has 2 atom stereocenters. The minimum absolute atomic E-state index is 0.00309. The summed E-state index contributed by atoms with van der Waals surface area (Å²) < 4.78 is 5.19. The average molecular weight is 317 g/mol. The molecule has 0 saturated carbocycles. The molecule has 0 radical (unpaired) electrons. The van der Waals surface area contributed by atoms with Crippen molar-refractivity contribution in [1.29, 1.82) is 0 Å². The molecule has 2 heterocycles. The monoisotopic (exact) mass is 317 g/mol.